The fourth-order valence-electron chi connectivity index (χ4n) is 2.74. The van der Waals surface area contributed by atoms with Crippen LogP contribution in [0.4, 0.5) is 15.8 Å². The Kier molecular flexibility index (Phi) is 6.54. The summed E-state index contributed by atoms with van der Waals surface area (Å²) in [4.78, 5) is 36.8. The first-order valence-corrected chi connectivity index (χ1v) is 9.12. The van der Waals surface area contributed by atoms with E-state index >= 15 is 0 Å². The second-order valence-corrected chi connectivity index (χ2v) is 6.45. The summed E-state index contributed by atoms with van der Waals surface area (Å²) in [5.74, 6) is -2.02. The number of halogens is 1. The zero-order valence-electron chi connectivity index (χ0n) is 16.1. The van der Waals surface area contributed by atoms with Crippen LogP contribution in [0.1, 0.15) is 28.9 Å². The maximum Gasteiger partial charge on any atom is 0.339 e. The molecule has 0 aliphatic rings. The second kappa shape index (κ2) is 9.47. The van der Waals surface area contributed by atoms with Crippen LogP contribution in [-0.4, -0.2) is 17.8 Å². The van der Waals surface area contributed by atoms with Gasteiger partial charge in [-0.1, -0.05) is 36.4 Å². The average molecular weight is 406 g/mol. The van der Waals surface area contributed by atoms with Gasteiger partial charge in [0, 0.05) is 23.9 Å². The van der Waals surface area contributed by atoms with Crippen molar-refractivity contribution < 1.29 is 23.5 Å². The predicted molar refractivity (Wildman–Crippen MR) is 110 cm³/mol. The molecule has 0 aliphatic heterocycles. The Morgan fingerprint density at radius 1 is 0.833 bits per heavy atom. The average Bonchev–Trinajstić information content (AvgIpc) is 2.73. The molecule has 1 atom stereocenters. The number of nitrogens with one attached hydrogen (secondary N) is 2. The largest absolute Gasteiger partial charge is 0.444 e. The second-order valence-electron chi connectivity index (χ2n) is 6.45. The van der Waals surface area contributed by atoms with Gasteiger partial charge in [0.25, 0.3) is 5.91 Å². The standard InChI is InChI=1S/C23H19FN2O4/c1-15(27)25-20-9-5-8-17(14-20)23(29)30-21(16-6-3-2-4-7-16)22(28)26-19-12-10-18(24)11-13-19/h2-14,21H,1H3,(H,25,27)(H,26,28)/t21-/m0/s1. The van der Waals surface area contributed by atoms with E-state index in [1.54, 1.807) is 42.5 Å². The van der Waals surface area contributed by atoms with E-state index in [0.29, 0.717) is 16.9 Å². The summed E-state index contributed by atoms with van der Waals surface area (Å²) >= 11 is 0. The van der Waals surface area contributed by atoms with Crippen molar-refractivity contribution >= 4 is 29.2 Å². The van der Waals surface area contributed by atoms with Crippen LogP contribution in [0, 0.1) is 5.82 Å². The summed E-state index contributed by atoms with van der Waals surface area (Å²) in [7, 11) is 0. The highest BCUT2D eigenvalue weighted by Gasteiger charge is 2.26. The number of esters is 1. The van der Waals surface area contributed by atoms with E-state index in [1.165, 1.54) is 43.3 Å². The molecule has 3 rings (SSSR count). The first-order valence-electron chi connectivity index (χ1n) is 9.12. The molecular weight excluding hydrogens is 387 g/mol. The molecular formula is C23H19FN2O4. The molecule has 0 aliphatic carbocycles. The molecule has 0 saturated heterocycles. The summed E-state index contributed by atoms with van der Waals surface area (Å²) < 4.78 is 18.6. The minimum atomic E-state index is -1.23. The van der Waals surface area contributed by atoms with Gasteiger partial charge in [0.1, 0.15) is 5.82 Å². The third-order valence-corrected chi connectivity index (χ3v) is 4.10. The monoisotopic (exact) mass is 406 g/mol. The number of carbonyl (C=O) groups excluding carboxylic acids is 3. The number of benzene rings is 3. The van der Waals surface area contributed by atoms with Gasteiger partial charge in [0.2, 0.25) is 12.0 Å². The highest BCUT2D eigenvalue weighted by Crippen LogP contribution is 2.23. The van der Waals surface area contributed by atoms with Gasteiger partial charge in [0.05, 0.1) is 5.56 Å². The van der Waals surface area contributed by atoms with Gasteiger partial charge in [-0.25, -0.2) is 9.18 Å². The van der Waals surface area contributed by atoms with Crippen molar-refractivity contribution in [2.24, 2.45) is 0 Å². The van der Waals surface area contributed by atoms with E-state index in [1.807, 2.05) is 0 Å². The van der Waals surface area contributed by atoms with Crippen LogP contribution in [0.15, 0.2) is 78.9 Å². The van der Waals surface area contributed by atoms with Crippen molar-refractivity contribution in [3.8, 4) is 0 Å². The lowest BCUT2D eigenvalue weighted by molar-refractivity contribution is -0.125. The molecule has 30 heavy (non-hydrogen) atoms. The number of rotatable bonds is 6. The number of hydrogen-bond acceptors (Lipinski definition) is 4. The maximum absolute atomic E-state index is 13.1. The molecule has 7 heteroatoms. The van der Waals surface area contributed by atoms with Crippen LogP contribution in [0.25, 0.3) is 0 Å². The molecule has 0 heterocycles. The molecule has 0 unspecified atom stereocenters. The third kappa shape index (κ3) is 5.51. The smallest absolute Gasteiger partial charge is 0.339 e. The van der Waals surface area contributed by atoms with Gasteiger partial charge in [-0.3, -0.25) is 9.59 Å². The Hall–Kier alpha value is -4.00. The first-order chi connectivity index (χ1) is 14.4. The van der Waals surface area contributed by atoms with Crippen molar-refractivity contribution in [2.75, 3.05) is 10.6 Å². The van der Waals surface area contributed by atoms with Crippen molar-refractivity contribution in [2.45, 2.75) is 13.0 Å². The minimum absolute atomic E-state index is 0.178. The fraction of sp³-hybridized carbons (Fsp3) is 0.0870. The van der Waals surface area contributed by atoms with Gasteiger partial charge < -0.3 is 15.4 Å². The van der Waals surface area contributed by atoms with Crippen LogP contribution in [0.2, 0.25) is 0 Å². The Morgan fingerprint density at radius 2 is 1.53 bits per heavy atom. The zero-order valence-corrected chi connectivity index (χ0v) is 16.1. The van der Waals surface area contributed by atoms with Crippen molar-refractivity contribution in [1.29, 1.82) is 0 Å². The Morgan fingerprint density at radius 3 is 2.20 bits per heavy atom. The highest BCUT2D eigenvalue weighted by molar-refractivity contribution is 5.99. The van der Waals surface area contributed by atoms with Gasteiger partial charge >= 0.3 is 5.97 Å². The van der Waals surface area contributed by atoms with Crippen molar-refractivity contribution in [3.63, 3.8) is 0 Å². The first kappa shape index (κ1) is 20.7. The lowest BCUT2D eigenvalue weighted by Gasteiger charge is -2.18. The molecule has 0 aromatic heterocycles. The van der Waals surface area contributed by atoms with Gasteiger partial charge in [-0.05, 0) is 42.5 Å². The molecule has 3 aromatic rings. The molecule has 0 spiro atoms. The normalized spacial score (nSPS) is 11.3. The number of anilines is 2. The summed E-state index contributed by atoms with van der Waals surface area (Å²) in [6.07, 6.45) is -1.23. The molecule has 6 nitrogen and oxygen atoms in total. The van der Waals surface area contributed by atoms with Crippen LogP contribution in [0.3, 0.4) is 0 Å². The molecule has 0 bridgehead atoms. The number of hydrogen-bond donors (Lipinski definition) is 2. The van der Waals surface area contributed by atoms with E-state index in [-0.39, 0.29) is 11.5 Å². The van der Waals surface area contributed by atoms with Crippen LogP contribution >= 0.6 is 0 Å². The maximum atomic E-state index is 13.1. The molecule has 152 valence electrons. The van der Waals surface area contributed by atoms with Gasteiger partial charge in [-0.2, -0.15) is 0 Å². The van der Waals surface area contributed by atoms with Crippen molar-refractivity contribution in [3.05, 3.63) is 95.8 Å². The lowest BCUT2D eigenvalue weighted by atomic mass is 10.1. The van der Waals surface area contributed by atoms with Gasteiger partial charge in [0.15, 0.2) is 0 Å². The van der Waals surface area contributed by atoms with Gasteiger partial charge in [-0.15, -0.1) is 0 Å². The minimum Gasteiger partial charge on any atom is -0.444 e. The van der Waals surface area contributed by atoms with Crippen LogP contribution < -0.4 is 10.6 Å². The molecule has 0 fully saturated rings. The molecule has 0 saturated carbocycles. The number of carbonyl (C=O) groups is 3. The predicted octanol–water partition coefficient (Wildman–Crippen LogP) is 4.32. The topological polar surface area (TPSA) is 84.5 Å². The lowest BCUT2D eigenvalue weighted by Crippen LogP contribution is -2.26. The molecule has 0 radical (unpaired) electrons. The van der Waals surface area contributed by atoms with E-state index in [4.69, 9.17) is 4.74 Å². The van der Waals surface area contributed by atoms with Crippen LogP contribution in [-0.2, 0) is 14.3 Å². The zero-order chi connectivity index (χ0) is 21.5. The van der Waals surface area contributed by atoms with Crippen LogP contribution in [0.5, 0.6) is 0 Å². The quantitative estimate of drug-likeness (QED) is 0.597. The van der Waals surface area contributed by atoms with E-state index < -0.39 is 23.8 Å². The number of amides is 2. The molecule has 3 aromatic carbocycles. The fourth-order valence-corrected chi connectivity index (χ4v) is 2.74. The van der Waals surface area contributed by atoms with E-state index in [2.05, 4.69) is 10.6 Å². The Bertz CT molecular complexity index is 1050. The van der Waals surface area contributed by atoms with E-state index in [9.17, 15) is 18.8 Å². The highest BCUT2D eigenvalue weighted by atomic mass is 19.1. The number of ether oxygens (including phenoxy) is 1. The third-order valence-electron chi connectivity index (χ3n) is 4.10. The Labute approximate surface area is 172 Å². The SMILES string of the molecule is CC(=O)Nc1cccc(C(=O)O[C@H](C(=O)Nc2ccc(F)cc2)c2ccccc2)c1. The summed E-state index contributed by atoms with van der Waals surface area (Å²) in [5.41, 5.74) is 1.45. The van der Waals surface area contributed by atoms with Crippen molar-refractivity contribution in [1.82, 2.24) is 0 Å². The molecule has 2 N–H and O–H groups in total. The van der Waals surface area contributed by atoms with E-state index in [0.717, 1.165) is 0 Å². The summed E-state index contributed by atoms with van der Waals surface area (Å²) in [6, 6.07) is 20.0. The summed E-state index contributed by atoms with van der Waals surface area (Å²) in [6.45, 7) is 1.36. The Balaban J connectivity index is 1.82. The molecule has 2 amide bonds. The summed E-state index contributed by atoms with van der Waals surface area (Å²) in [5, 5.41) is 5.21.